The molecule has 0 aliphatic rings. The lowest BCUT2D eigenvalue weighted by molar-refractivity contribution is 0.589. The molecule has 0 fully saturated rings. The molecule has 4 heteroatoms. The van der Waals surface area contributed by atoms with E-state index < -0.39 is 11.6 Å². The van der Waals surface area contributed by atoms with E-state index in [0.29, 0.717) is 17.7 Å². The monoisotopic (exact) mass is 220 g/mol. The second kappa shape index (κ2) is 4.35. The van der Waals surface area contributed by atoms with Crippen molar-refractivity contribution in [2.75, 3.05) is 0 Å². The van der Waals surface area contributed by atoms with Crippen molar-refractivity contribution in [2.45, 2.75) is 13.3 Å². The predicted molar refractivity (Wildman–Crippen MR) is 56.8 cm³/mol. The van der Waals surface area contributed by atoms with Crippen molar-refractivity contribution >= 4 is 0 Å². The zero-order valence-electron chi connectivity index (χ0n) is 8.74. The van der Waals surface area contributed by atoms with Crippen LogP contribution in [0, 0.1) is 11.6 Å². The second-order valence-electron chi connectivity index (χ2n) is 3.39. The van der Waals surface area contributed by atoms with E-state index in [1.54, 1.807) is 6.07 Å². The Kier molecular flexibility index (Phi) is 2.90. The molecule has 0 unspecified atom stereocenters. The quantitative estimate of drug-likeness (QED) is 0.777. The van der Waals surface area contributed by atoms with Crippen molar-refractivity contribution in [1.82, 2.24) is 10.2 Å². The van der Waals surface area contributed by atoms with Crippen LogP contribution in [0.5, 0.6) is 0 Å². The minimum atomic E-state index is -0.588. The molecule has 0 bridgehead atoms. The summed E-state index contributed by atoms with van der Waals surface area (Å²) in [5.41, 5.74) is 1.08. The first kappa shape index (κ1) is 10.7. The third-order valence-electron chi connectivity index (χ3n) is 2.32. The summed E-state index contributed by atoms with van der Waals surface area (Å²) in [5.74, 6) is -1.18. The summed E-state index contributed by atoms with van der Waals surface area (Å²) in [4.78, 5) is 0. The van der Waals surface area contributed by atoms with Crippen LogP contribution in [0.15, 0.2) is 30.5 Å². The highest BCUT2D eigenvalue weighted by atomic mass is 19.1. The van der Waals surface area contributed by atoms with Crippen LogP contribution in [0.1, 0.15) is 12.6 Å². The molecule has 2 nitrogen and oxygen atoms in total. The highest BCUT2D eigenvalue weighted by Crippen LogP contribution is 2.25. The van der Waals surface area contributed by atoms with Crippen molar-refractivity contribution in [3.8, 4) is 11.1 Å². The number of aryl methyl sites for hydroxylation is 1. The maximum Gasteiger partial charge on any atom is 0.134 e. The van der Waals surface area contributed by atoms with Crippen LogP contribution >= 0.6 is 0 Å². The molecule has 1 aromatic heterocycles. The van der Waals surface area contributed by atoms with E-state index in [2.05, 4.69) is 10.2 Å². The Hall–Kier alpha value is -1.84. The Morgan fingerprint density at radius 1 is 1.19 bits per heavy atom. The molecule has 0 saturated carbocycles. The van der Waals surface area contributed by atoms with Gasteiger partial charge in [-0.1, -0.05) is 13.0 Å². The van der Waals surface area contributed by atoms with Gasteiger partial charge in [-0.25, -0.2) is 8.78 Å². The lowest BCUT2D eigenvalue weighted by Gasteiger charge is -2.05. The van der Waals surface area contributed by atoms with Crippen LogP contribution in [0.3, 0.4) is 0 Å². The van der Waals surface area contributed by atoms with Crippen molar-refractivity contribution in [3.05, 3.63) is 47.8 Å². The van der Waals surface area contributed by atoms with Gasteiger partial charge in [-0.15, -0.1) is 0 Å². The third kappa shape index (κ3) is 1.91. The maximum absolute atomic E-state index is 13.5. The standard InChI is InChI=1S/C12H10F2N2/c1-2-9-6-8(7-15-16-9)12-10(13)4-3-5-11(12)14/h3-7H,2H2,1H3. The van der Waals surface area contributed by atoms with E-state index in [9.17, 15) is 8.78 Å². The molecule has 0 spiro atoms. The summed E-state index contributed by atoms with van der Waals surface area (Å²) >= 11 is 0. The number of hydrogen-bond donors (Lipinski definition) is 0. The fraction of sp³-hybridized carbons (Fsp3) is 0.167. The first-order chi connectivity index (χ1) is 7.72. The van der Waals surface area contributed by atoms with Crippen LogP contribution in [-0.2, 0) is 6.42 Å². The molecule has 0 aliphatic heterocycles. The van der Waals surface area contributed by atoms with Gasteiger partial charge < -0.3 is 0 Å². The molecule has 0 atom stereocenters. The predicted octanol–water partition coefficient (Wildman–Crippen LogP) is 2.98. The van der Waals surface area contributed by atoms with Crippen LogP contribution < -0.4 is 0 Å². The average Bonchev–Trinajstić information content (AvgIpc) is 2.29. The van der Waals surface area contributed by atoms with Crippen molar-refractivity contribution in [1.29, 1.82) is 0 Å². The number of benzene rings is 1. The normalized spacial score (nSPS) is 10.4. The number of rotatable bonds is 2. The lowest BCUT2D eigenvalue weighted by atomic mass is 10.1. The van der Waals surface area contributed by atoms with Gasteiger partial charge in [0.25, 0.3) is 0 Å². The van der Waals surface area contributed by atoms with Crippen LogP contribution in [0.25, 0.3) is 11.1 Å². The van der Waals surface area contributed by atoms with Crippen LogP contribution in [0.4, 0.5) is 8.78 Å². The first-order valence-corrected chi connectivity index (χ1v) is 4.98. The summed E-state index contributed by atoms with van der Waals surface area (Å²) in [7, 11) is 0. The summed E-state index contributed by atoms with van der Waals surface area (Å²) < 4.78 is 27.0. The van der Waals surface area contributed by atoms with E-state index >= 15 is 0 Å². The molecule has 0 aliphatic carbocycles. The highest BCUT2D eigenvalue weighted by molar-refractivity contribution is 5.63. The minimum absolute atomic E-state index is 0.0490. The van der Waals surface area contributed by atoms with Gasteiger partial charge in [-0.2, -0.15) is 10.2 Å². The Bertz CT molecular complexity index is 492. The molecular weight excluding hydrogens is 210 g/mol. The Balaban J connectivity index is 2.58. The van der Waals surface area contributed by atoms with Gasteiger partial charge in [0.05, 0.1) is 17.5 Å². The zero-order chi connectivity index (χ0) is 11.5. The van der Waals surface area contributed by atoms with E-state index in [4.69, 9.17) is 0 Å². The van der Waals surface area contributed by atoms with Crippen LogP contribution in [0.2, 0.25) is 0 Å². The van der Waals surface area contributed by atoms with Gasteiger partial charge in [0.2, 0.25) is 0 Å². The number of halogens is 2. The van der Waals surface area contributed by atoms with Crippen LogP contribution in [-0.4, -0.2) is 10.2 Å². The van der Waals surface area contributed by atoms with Crippen molar-refractivity contribution in [2.24, 2.45) is 0 Å². The Morgan fingerprint density at radius 3 is 2.50 bits per heavy atom. The average molecular weight is 220 g/mol. The topological polar surface area (TPSA) is 25.8 Å². The number of nitrogens with zero attached hydrogens (tertiary/aromatic N) is 2. The SMILES string of the molecule is CCc1cc(-c2c(F)cccc2F)cnn1. The summed E-state index contributed by atoms with van der Waals surface area (Å²) in [6, 6.07) is 5.44. The van der Waals surface area contributed by atoms with Gasteiger partial charge in [-0.3, -0.25) is 0 Å². The zero-order valence-corrected chi connectivity index (χ0v) is 8.74. The minimum Gasteiger partial charge on any atom is -0.206 e. The molecule has 2 aromatic rings. The van der Waals surface area contributed by atoms with E-state index in [0.717, 1.165) is 0 Å². The third-order valence-corrected chi connectivity index (χ3v) is 2.32. The highest BCUT2D eigenvalue weighted by Gasteiger charge is 2.11. The smallest absolute Gasteiger partial charge is 0.134 e. The van der Waals surface area contributed by atoms with E-state index in [-0.39, 0.29) is 5.56 Å². The molecular formula is C12H10F2N2. The van der Waals surface area contributed by atoms with Gasteiger partial charge in [0.1, 0.15) is 11.6 Å². The second-order valence-corrected chi connectivity index (χ2v) is 3.39. The molecule has 1 heterocycles. The Morgan fingerprint density at radius 2 is 1.88 bits per heavy atom. The number of hydrogen-bond acceptors (Lipinski definition) is 2. The largest absolute Gasteiger partial charge is 0.206 e. The van der Waals surface area contributed by atoms with E-state index in [1.165, 1.54) is 24.4 Å². The van der Waals surface area contributed by atoms with Crippen molar-refractivity contribution < 1.29 is 8.78 Å². The van der Waals surface area contributed by atoms with Gasteiger partial charge in [0.15, 0.2) is 0 Å². The summed E-state index contributed by atoms with van der Waals surface area (Å²) in [6.07, 6.45) is 2.04. The summed E-state index contributed by atoms with van der Waals surface area (Å²) in [5, 5.41) is 7.58. The molecule has 1 aromatic carbocycles. The molecule has 16 heavy (non-hydrogen) atoms. The summed E-state index contributed by atoms with van der Waals surface area (Å²) in [6.45, 7) is 1.91. The fourth-order valence-electron chi connectivity index (χ4n) is 1.49. The van der Waals surface area contributed by atoms with Gasteiger partial charge in [0, 0.05) is 5.56 Å². The Labute approximate surface area is 92.0 Å². The molecule has 82 valence electrons. The maximum atomic E-state index is 13.5. The van der Waals surface area contributed by atoms with E-state index in [1.807, 2.05) is 6.92 Å². The van der Waals surface area contributed by atoms with Gasteiger partial charge >= 0.3 is 0 Å². The molecule has 0 N–H and O–H groups in total. The number of aromatic nitrogens is 2. The lowest BCUT2D eigenvalue weighted by Crippen LogP contribution is -1.95. The molecule has 0 amide bonds. The fourth-order valence-corrected chi connectivity index (χ4v) is 1.49. The first-order valence-electron chi connectivity index (χ1n) is 4.98. The molecule has 0 saturated heterocycles. The van der Waals surface area contributed by atoms with Crippen molar-refractivity contribution in [3.63, 3.8) is 0 Å². The molecule has 2 rings (SSSR count). The molecule has 0 radical (unpaired) electrons. The van der Waals surface area contributed by atoms with Gasteiger partial charge in [-0.05, 0) is 24.6 Å².